The van der Waals surface area contributed by atoms with Crippen molar-refractivity contribution in [2.45, 2.75) is 33.4 Å². The summed E-state index contributed by atoms with van der Waals surface area (Å²) in [4.78, 5) is 16.1. The standard InChI is InChI=1S/C14H18N4O/c1-10-7-17-18(9-10)12(3)14(19)16-8-13-4-5-15-11(2)6-13/h4-7,9,12H,8H2,1-3H3,(H,16,19)/t12-/m1/s1. The highest BCUT2D eigenvalue weighted by Crippen LogP contribution is 2.07. The fourth-order valence-corrected chi connectivity index (χ4v) is 1.82. The molecule has 5 heteroatoms. The lowest BCUT2D eigenvalue weighted by atomic mass is 10.2. The van der Waals surface area contributed by atoms with E-state index in [1.54, 1.807) is 17.1 Å². The topological polar surface area (TPSA) is 59.8 Å². The van der Waals surface area contributed by atoms with Gasteiger partial charge in [-0.05, 0) is 44.0 Å². The maximum atomic E-state index is 12.0. The predicted molar refractivity (Wildman–Crippen MR) is 72.5 cm³/mol. The van der Waals surface area contributed by atoms with E-state index in [4.69, 9.17) is 0 Å². The van der Waals surface area contributed by atoms with E-state index in [0.29, 0.717) is 6.54 Å². The summed E-state index contributed by atoms with van der Waals surface area (Å²) >= 11 is 0. The van der Waals surface area contributed by atoms with Crippen molar-refractivity contribution >= 4 is 5.91 Å². The molecule has 19 heavy (non-hydrogen) atoms. The Morgan fingerprint density at radius 3 is 2.89 bits per heavy atom. The van der Waals surface area contributed by atoms with Crippen molar-refractivity contribution in [3.8, 4) is 0 Å². The molecule has 0 spiro atoms. The van der Waals surface area contributed by atoms with E-state index in [0.717, 1.165) is 16.8 Å². The third kappa shape index (κ3) is 3.40. The minimum Gasteiger partial charge on any atom is -0.350 e. The van der Waals surface area contributed by atoms with Gasteiger partial charge in [-0.1, -0.05) is 0 Å². The maximum Gasteiger partial charge on any atom is 0.244 e. The van der Waals surface area contributed by atoms with E-state index in [1.165, 1.54) is 0 Å². The lowest BCUT2D eigenvalue weighted by Gasteiger charge is -2.12. The normalized spacial score (nSPS) is 12.2. The Morgan fingerprint density at radius 2 is 2.26 bits per heavy atom. The Morgan fingerprint density at radius 1 is 1.47 bits per heavy atom. The number of aryl methyl sites for hydroxylation is 2. The number of amides is 1. The molecule has 1 amide bonds. The lowest BCUT2D eigenvalue weighted by molar-refractivity contribution is -0.124. The number of aromatic nitrogens is 3. The summed E-state index contributed by atoms with van der Waals surface area (Å²) in [6.45, 7) is 6.22. The van der Waals surface area contributed by atoms with Crippen LogP contribution in [0.4, 0.5) is 0 Å². The first-order valence-electron chi connectivity index (χ1n) is 6.26. The SMILES string of the molecule is Cc1cnn([C@H](C)C(=O)NCc2ccnc(C)c2)c1. The van der Waals surface area contributed by atoms with E-state index in [1.807, 2.05) is 39.1 Å². The molecule has 0 aliphatic carbocycles. The number of carbonyl (C=O) groups excluding carboxylic acids is 1. The van der Waals surface area contributed by atoms with Crippen LogP contribution in [0.3, 0.4) is 0 Å². The second-order valence-electron chi connectivity index (χ2n) is 4.70. The van der Waals surface area contributed by atoms with Gasteiger partial charge in [-0.15, -0.1) is 0 Å². The van der Waals surface area contributed by atoms with Gasteiger partial charge in [0, 0.05) is 24.6 Å². The molecule has 5 nitrogen and oxygen atoms in total. The van der Waals surface area contributed by atoms with Crippen LogP contribution in [0.15, 0.2) is 30.7 Å². The number of nitrogens with zero attached hydrogens (tertiary/aromatic N) is 3. The van der Waals surface area contributed by atoms with Crippen molar-refractivity contribution in [2.24, 2.45) is 0 Å². The highest BCUT2D eigenvalue weighted by atomic mass is 16.2. The number of carbonyl (C=O) groups is 1. The van der Waals surface area contributed by atoms with E-state index in [9.17, 15) is 4.79 Å². The van der Waals surface area contributed by atoms with Crippen LogP contribution in [0.2, 0.25) is 0 Å². The zero-order valence-electron chi connectivity index (χ0n) is 11.4. The predicted octanol–water partition coefficient (Wildman–Crippen LogP) is 1.77. The van der Waals surface area contributed by atoms with Gasteiger partial charge in [-0.3, -0.25) is 14.5 Å². The fraction of sp³-hybridized carbons (Fsp3) is 0.357. The quantitative estimate of drug-likeness (QED) is 0.909. The summed E-state index contributed by atoms with van der Waals surface area (Å²) in [5.74, 6) is -0.0439. The van der Waals surface area contributed by atoms with Crippen LogP contribution >= 0.6 is 0 Å². The number of pyridine rings is 1. The van der Waals surface area contributed by atoms with Gasteiger partial charge in [0.05, 0.1) is 6.20 Å². The average molecular weight is 258 g/mol. The van der Waals surface area contributed by atoms with Gasteiger partial charge in [0.2, 0.25) is 5.91 Å². The summed E-state index contributed by atoms with van der Waals surface area (Å²) in [6.07, 6.45) is 5.36. The minimum atomic E-state index is -0.309. The number of hydrogen-bond acceptors (Lipinski definition) is 3. The summed E-state index contributed by atoms with van der Waals surface area (Å²) in [6, 6.07) is 3.55. The molecule has 0 saturated carbocycles. The highest BCUT2D eigenvalue weighted by molar-refractivity contribution is 5.79. The van der Waals surface area contributed by atoms with Gasteiger partial charge < -0.3 is 5.32 Å². The summed E-state index contributed by atoms with van der Waals surface area (Å²) < 4.78 is 1.67. The van der Waals surface area contributed by atoms with E-state index < -0.39 is 0 Å². The molecule has 2 heterocycles. The van der Waals surface area contributed by atoms with Crippen LogP contribution in [0.25, 0.3) is 0 Å². The van der Waals surface area contributed by atoms with Crippen molar-refractivity contribution in [2.75, 3.05) is 0 Å². The van der Waals surface area contributed by atoms with Crippen molar-refractivity contribution in [3.05, 3.63) is 47.5 Å². The summed E-state index contributed by atoms with van der Waals surface area (Å²) in [5, 5.41) is 7.06. The van der Waals surface area contributed by atoms with Crippen LogP contribution in [0.5, 0.6) is 0 Å². The average Bonchev–Trinajstić information content (AvgIpc) is 2.82. The lowest BCUT2D eigenvalue weighted by Crippen LogP contribution is -2.30. The molecule has 0 radical (unpaired) electrons. The number of nitrogens with one attached hydrogen (secondary N) is 1. The van der Waals surface area contributed by atoms with Gasteiger partial charge in [-0.2, -0.15) is 5.10 Å². The molecule has 1 atom stereocenters. The van der Waals surface area contributed by atoms with Gasteiger partial charge in [0.15, 0.2) is 0 Å². The zero-order valence-corrected chi connectivity index (χ0v) is 11.4. The molecular formula is C14H18N4O. The molecule has 2 aromatic heterocycles. The molecule has 2 rings (SSSR count). The van der Waals surface area contributed by atoms with Crippen LogP contribution in [0.1, 0.15) is 29.8 Å². The first kappa shape index (κ1) is 13.3. The van der Waals surface area contributed by atoms with Crippen LogP contribution in [-0.2, 0) is 11.3 Å². The zero-order chi connectivity index (χ0) is 13.8. The smallest absolute Gasteiger partial charge is 0.244 e. The van der Waals surface area contributed by atoms with Gasteiger partial charge in [0.1, 0.15) is 6.04 Å². The number of rotatable bonds is 4. The van der Waals surface area contributed by atoms with Gasteiger partial charge >= 0.3 is 0 Å². The molecule has 0 saturated heterocycles. The molecule has 0 bridgehead atoms. The monoisotopic (exact) mass is 258 g/mol. The first-order valence-corrected chi connectivity index (χ1v) is 6.26. The molecular weight excluding hydrogens is 240 g/mol. The van der Waals surface area contributed by atoms with E-state index >= 15 is 0 Å². The second kappa shape index (κ2) is 5.65. The third-order valence-corrected chi connectivity index (χ3v) is 2.93. The second-order valence-corrected chi connectivity index (χ2v) is 4.70. The Hall–Kier alpha value is -2.17. The molecule has 0 aromatic carbocycles. The molecule has 0 aliphatic rings. The molecule has 0 fully saturated rings. The summed E-state index contributed by atoms with van der Waals surface area (Å²) in [5.41, 5.74) is 3.04. The number of hydrogen-bond donors (Lipinski definition) is 1. The summed E-state index contributed by atoms with van der Waals surface area (Å²) in [7, 11) is 0. The largest absolute Gasteiger partial charge is 0.350 e. The molecule has 0 aliphatic heterocycles. The third-order valence-electron chi connectivity index (χ3n) is 2.93. The van der Waals surface area contributed by atoms with Crippen molar-refractivity contribution in [1.29, 1.82) is 0 Å². The van der Waals surface area contributed by atoms with E-state index in [2.05, 4.69) is 15.4 Å². The van der Waals surface area contributed by atoms with Crippen molar-refractivity contribution < 1.29 is 4.79 Å². The molecule has 2 aromatic rings. The molecule has 0 unspecified atom stereocenters. The van der Waals surface area contributed by atoms with Gasteiger partial charge in [-0.25, -0.2) is 0 Å². The maximum absolute atomic E-state index is 12.0. The van der Waals surface area contributed by atoms with Crippen molar-refractivity contribution in [3.63, 3.8) is 0 Å². The van der Waals surface area contributed by atoms with Crippen LogP contribution in [-0.4, -0.2) is 20.7 Å². The first-order chi connectivity index (χ1) is 9.06. The Labute approximate surface area is 112 Å². The van der Waals surface area contributed by atoms with Gasteiger partial charge in [0.25, 0.3) is 0 Å². The Balaban J connectivity index is 1.94. The molecule has 100 valence electrons. The Kier molecular flexibility index (Phi) is 3.94. The fourth-order valence-electron chi connectivity index (χ4n) is 1.82. The van der Waals surface area contributed by atoms with Crippen LogP contribution in [0, 0.1) is 13.8 Å². The highest BCUT2D eigenvalue weighted by Gasteiger charge is 2.14. The Bertz CT molecular complexity index is 576. The van der Waals surface area contributed by atoms with Crippen molar-refractivity contribution in [1.82, 2.24) is 20.1 Å². The van der Waals surface area contributed by atoms with E-state index in [-0.39, 0.29) is 11.9 Å². The minimum absolute atomic E-state index is 0.0439. The van der Waals surface area contributed by atoms with Crippen LogP contribution < -0.4 is 5.32 Å². The molecule has 1 N–H and O–H groups in total.